The van der Waals surface area contributed by atoms with Crippen LogP contribution in [0.15, 0.2) is 0 Å². The van der Waals surface area contributed by atoms with Gasteiger partial charge in [-0.1, -0.05) is 13.8 Å². The van der Waals surface area contributed by atoms with Gasteiger partial charge in [0.1, 0.15) is 0 Å². The fraction of sp³-hybridized carbons (Fsp3) is 0.917. The third-order valence-corrected chi connectivity index (χ3v) is 3.95. The van der Waals surface area contributed by atoms with E-state index in [0.29, 0.717) is 24.5 Å². The topological polar surface area (TPSA) is 64.9 Å². The van der Waals surface area contributed by atoms with Crippen molar-refractivity contribution in [2.75, 3.05) is 20.3 Å². The first-order chi connectivity index (χ1) is 8.68. The number of nitrogens with one attached hydrogen (secondary N) is 1. The molecule has 6 nitrogen and oxygen atoms in total. The van der Waals surface area contributed by atoms with E-state index in [9.17, 15) is 0 Å². The molecule has 1 N–H and O–H groups in total. The van der Waals surface area contributed by atoms with Crippen LogP contribution in [-0.4, -0.2) is 40.5 Å². The Kier molecular flexibility index (Phi) is 4.29. The smallest absolute Gasteiger partial charge is 0.165 e. The zero-order valence-electron chi connectivity index (χ0n) is 11.5. The summed E-state index contributed by atoms with van der Waals surface area (Å²) in [5.41, 5.74) is 0.427. The molecule has 0 atom stereocenters. The van der Waals surface area contributed by atoms with Crippen molar-refractivity contribution in [3.8, 4) is 0 Å². The Bertz CT molecular complexity index is 372. The van der Waals surface area contributed by atoms with E-state index >= 15 is 0 Å². The van der Waals surface area contributed by atoms with Gasteiger partial charge in [-0.25, -0.2) is 4.68 Å². The van der Waals surface area contributed by atoms with Crippen LogP contribution in [0.5, 0.6) is 0 Å². The lowest BCUT2D eigenvalue weighted by molar-refractivity contribution is 0.198. The molecular weight excluding hydrogens is 230 g/mol. The maximum atomic E-state index is 4.99. The van der Waals surface area contributed by atoms with Crippen molar-refractivity contribution in [2.24, 2.45) is 11.3 Å². The van der Waals surface area contributed by atoms with Gasteiger partial charge in [-0.3, -0.25) is 0 Å². The number of nitrogens with zero attached hydrogens (tertiary/aromatic N) is 4. The minimum absolute atomic E-state index is 0.427. The molecule has 0 spiro atoms. The average Bonchev–Trinajstić information content (AvgIpc) is 3.00. The molecule has 0 aliphatic heterocycles. The van der Waals surface area contributed by atoms with Crippen molar-refractivity contribution in [3.63, 3.8) is 0 Å². The summed E-state index contributed by atoms with van der Waals surface area (Å²) in [6.07, 6.45) is 2.59. The highest BCUT2D eigenvalue weighted by atomic mass is 16.5. The van der Waals surface area contributed by atoms with E-state index in [1.165, 1.54) is 12.8 Å². The van der Waals surface area contributed by atoms with Gasteiger partial charge in [-0.05, 0) is 34.6 Å². The maximum Gasteiger partial charge on any atom is 0.165 e. The van der Waals surface area contributed by atoms with Crippen LogP contribution in [0.2, 0.25) is 0 Å². The first-order valence-electron chi connectivity index (χ1n) is 6.63. The highest BCUT2D eigenvalue weighted by Gasteiger charge is 2.46. The molecule has 18 heavy (non-hydrogen) atoms. The summed E-state index contributed by atoms with van der Waals surface area (Å²) in [4.78, 5) is 0. The predicted molar refractivity (Wildman–Crippen MR) is 67.9 cm³/mol. The zero-order valence-corrected chi connectivity index (χ0v) is 11.5. The van der Waals surface area contributed by atoms with E-state index in [4.69, 9.17) is 4.74 Å². The second kappa shape index (κ2) is 5.75. The van der Waals surface area contributed by atoms with Crippen LogP contribution in [0.3, 0.4) is 0 Å². The molecule has 2 rings (SSSR count). The first-order valence-corrected chi connectivity index (χ1v) is 6.63. The lowest BCUT2D eigenvalue weighted by Gasteiger charge is -2.19. The van der Waals surface area contributed by atoms with Crippen LogP contribution < -0.4 is 5.32 Å². The molecule has 0 unspecified atom stereocenters. The van der Waals surface area contributed by atoms with E-state index in [1.54, 1.807) is 7.11 Å². The lowest BCUT2D eigenvalue weighted by Crippen LogP contribution is -2.24. The van der Waals surface area contributed by atoms with E-state index in [0.717, 1.165) is 18.9 Å². The van der Waals surface area contributed by atoms with Crippen molar-refractivity contribution in [1.29, 1.82) is 0 Å². The summed E-state index contributed by atoms with van der Waals surface area (Å²) in [5, 5.41) is 15.3. The predicted octanol–water partition coefficient (Wildman–Crippen LogP) is 0.845. The second-order valence-electron chi connectivity index (χ2n) is 5.44. The molecule has 0 aromatic carbocycles. The molecule has 1 aliphatic carbocycles. The Labute approximate surface area is 108 Å². The molecule has 0 radical (unpaired) electrons. The zero-order chi connectivity index (χ0) is 13.0. The van der Waals surface area contributed by atoms with Crippen molar-refractivity contribution in [1.82, 2.24) is 25.5 Å². The van der Waals surface area contributed by atoms with Gasteiger partial charge < -0.3 is 10.1 Å². The van der Waals surface area contributed by atoms with Crippen molar-refractivity contribution in [2.45, 2.75) is 39.8 Å². The van der Waals surface area contributed by atoms with Gasteiger partial charge in [0.05, 0.1) is 19.7 Å². The Balaban J connectivity index is 1.88. The van der Waals surface area contributed by atoms with E-state index in [2.05, 4.69) is 34.7 Å². The van der Waals surface area contributed by atoms with E-state index in [1.807, 2.05) is 4.68 Å². The quantitative estimate of drug-likeness (QED) is 0.696. The Morgan fingerprint density at radius 1 is 1.44 bits per heavy atom. The SMILES string of the molecule is COCCNCc1nnnn1CC1(C(C)C)CC1. The molecule has 102 valence electrons. The van der Waals surface area contributed by atoms with E-state index in [-0.39, 0.29) is 0 Å². The van der Waals surface area contributed by atoms with Crippen LogP contribution in [-0.2, 0) is 17.8 Å². The summed E-state index contributed by atoms with van der Waals surface area (Å²) < 4.78 is 6.94. The second-order valence-corrected chi connectivity index (χ2v) is 5.44. The third-order valence-electron chi connectivity index (χ3n) is 3.95. The Hall–Kier alpha value is -1.01. The Morgan fingerprint density at radius 3 is 2.83 bits per heavy atom. The molecule has 1 aromatic heterocycles. The van der Waals surface area contributed by atoms with Gasteiger partial charge in [0.2, 0.25) is 0 Å². The summed E-state index contributed by atoms with van der Waals surface area (Å²) in [5.74, 6) is 1.61. The van der Waals surface area contributed by atoms with Crippen LogP contribution in [0.4, 0.5) is 0 Å². The number of aromatic nitrogens is 4. The fourth-order valence-corrected chi connectivity index (χ4v) is 2.22. The average molecular weight is 253 g/mol. The third kappa shape index (κ3) is 3.05. The van der Waals surface area contributed by atoms with Crippen molar-refractivity contribution >= 4 is 0 Å². The fourth-order valence-electron chi connectivity index (χ4n) is 2.22. The minimum atomic E-state index is 0.427. The number of hydrogen-bond acceptors (Lipinski definition) is 5. The van der Waals surface area contributed by atoms with Crippen LogP contribution in [0, 0.1) is 11.3 Å². The van der Waals surface area contributed by atoms with Crippen molar-refractivity contribution in [3.05, 3.63) is 5.82 Å². The highest BCUT2D eigenvalue weighted by Crippen LogP contribution is 2.53. The molecule has 1 saturated carbocycles. The number of hydrogen-bond donors (Lipinski definition) is 1. The molecule has 6 heteroatoms. The standard InChI is InChI=1S/C12H23N5O/c1-10(2)12(4-5-12)9-17-11(14-15-16-17)8-13-6-7-18-3/h10,13H,4-9H2,1-3H3. The van der Waals surface area contributed by atoms with Gasteiger partial charge in [0.15, 0.2) is 5.82 Å². The van der Waals surface area contributed by atoms with Gasteiger partial charge in [-0.15, -0.1) is 5.10 Å². The molecule has 1 aliphatic rings. The minimum Gasteiger partial charge on any atom is -0.383 e. The molecular formula is C12H23N5O. The molecule has 1 fully saturated rings. The monoisotopic (exact) mass is 253 g/mol. The highest BCUT2D eigenvalue weighted by molar-refractivity contribution is 4.96. The summed E-state index contributed by atoms with van der Waals surface area (Å²) in [7, 11) is 1.70. The van der Waals surface area contributed by atoms with Crippen LogP contribution in [0.1, 0.15) is 32.5 Å². The van der Waals surface area contributed by atoms with Gasteiger partial charge in [0, 0.05) is 13.7 Å². The number of tetrazole rings is 1. The summed E-state index contributed by atoms with van der Waals surface area (Å²) in [6.45, 7) is 7.74. The summed E-state index contributed by atoms with van der Waals surface area (Å²) in [6, 6.07) is 0. The molecule has 1 heterocycles. The normalized spacial score (nSPS) is 17.3. The largest absolute Gasteiger partial charge is 0.383 e. The van der Waals surface area contributed by atoms with Gasteiger partial charge in [0.25, 0.3) is 0 Å². The maximum absolute atomic E-state index is 4.99. The summed E-state index contributed by atoms with van der Waals surface area (Å²) >= 11 is 0. The molecule has 0 saturated heterocycles. The van der Waals surface area contributed by atoms with Crippen LogP contribution >= 0.6 is 0 Å². The molecule has 0 amide bonds. The van der Waals surface area contributed by atoms with Crippen molar-refractivity contribution < 1.29 is 4.74 Å². The Morgan fingerprint density at radius 2 is 2.22 bits per heavy atom. The van der Waals surface area contributed by atoms with Crippen LogP contribution in [0.25, 0.3) is 0 Å². The first kappa shape index (κ1) is 13.4. The molecule has 1 aromatic rings. The van der Waals surface area contributed by atoms with Gasteiger partial charge in [-0.2, -0.15) is 0 Å². The lowest BCUT2D eigenvalue weighted by atomic mass is 9.92. The van der Waals surface area contributed by atoms with Gasteiger partial charge >= 0.3 is 0 Å². The van der Waals surface area contributed by atoms with E-state index < -0.39 is 0 Å². The molecule has 0 bridgehead atoms. The number of methoxy groups -OCH3 is 1. The number of ether oxygens (including phenoxy) is 1. The number of rotatable bonds is 8.